The van der Waals surface area contributed by atoms with Gasteiger partial charge in [-0.15, -0.1) is 0 Å². The van der Waals surface area contributed by atoms with Gasteiger partial charge in [0.1, 0.15) is 17.9 Å². The number of aldehydes is 1. The van der Waals surface area contributed by atoms with Crippen LogP contribution >= 0.6 is 0 Å². The number of hydrogen-bond donors (Lipinski definition) is 2. The summed E-state index contributed by atoms with van der Waals surface area (Å²) in [5.41, 5.74) is 3.34. The number of aromatic amines is 1. The molecule has 236 valence electrons. The first-order chi connectivity index (χ1) is 20.7. The third-order valence-corrected chi connectivity index (χ3v) is 9.55. The molecular weight excluding hydrogens is 539 g/mol. The van der Waals surface area contributed by atoms with Gasteiger partial charge < -0.3 is 15.1 Å². The van der Waals surface area contributed by atoms with Crippen molar-refractivity contribution in [2.45, 2.75) is 104 Å². The second-order valence-electron chi connectivity index (χ2n) is 12.5. The Kier molecular flexibility index (Phi) is 14.0. The molecule has 7 heteroatoms. The summed E-state index contributed by atoms with van der Waals surface area (Å²) < 4.78 is 13.5. The van der Waals surface area contributed by atoms with E-state index in [4.69, 9.17) is 0 Å². The van der Waals surface area contributed by atoms with Gasteiger partial charge in [-0.1, -0.05) is 52.5 Å². The van der Waals surface area contributed by atoms with Gasteiger partial charge in [-0.2, -0.15) is 0 Å². The second kappa shape index (κ2) is 17.4. The lowest BCUT2D eigenvalue weighted by molar-refractivity contribution is -0.122. The van der Waals surface area contributed by atoms with Crippen molar-refractivity contribution in [3.05, 3.63) is 65.9 Å². The molecule has 3 heterocycles. The van der Waals surface area contributed by atoms with E-state index in [9.17, 15) is 14.0 Å². The minimum Gasteiger partial charge on any atom is -0.361 e. The molecule has 2 aromatic heterocycles. The number of pyridine rings is 1. The highest BCUT2D eigenvalue weighted by atomic mass is 19.1. The quantitative estimate of drug-likeness (QED) is 0.249. The van der Waals surface area contributed by atoms with Crippen LogP contribution in [0.1, 0.15) is 96.7 Å². The maximum atomic E-state index is 13.5. The number of rotatable bonds is 9. The molecule has 2 fully saturated rings. The van der Waals surface area contributed by atoms with E-state index < -0.39 is 0 Å². The molecule has 5 atom stereocenters. The fourth-order valence-corrected chi connectivity index (χ4v) is 6.62. The first-order valence-corrected chi connectivity index (χ1v) is 16.2. The summed E-state index contributed by atoms with van der Waals surface area (Å²) >= 11 is 0. The summed E-state index contributed by atoms with van der Waals surface area (Å²) in [4.78, 5) is 31.1. The SMILES string of the molecule is CC(=O)C(C)C1CCCCC1.CCC[C@@H]1[C@H](C)[C@@H](c2c[nH]c3cc(F)ccc23)CN1Cc1ccccn1.CN[C@@H](C)C=O. The van der Waals surface area contributed by atoms with E-state index in [1.165, 1.54) is 50.5 Å². The maximum Gasteiger partial charge on any atom is 0.136 e. The highest BCUT2D eigenvalue weighted by Gasteiger charge is 2.39. The highest BCUT2D eigenvalue weighted by Crippen LogP contribution is 2.42. The predicted octanol–water partition coefficient (Wildman–Crippen LogP) is 7.69. The van der Waals surface area contributed by atoms with Crippen LogP contribution in [0.2, 0.25) is 0 Å². The monoisotopic (exact) mass is 592 g/mol. The van der Waals surface area contributed by atoms with Gasteiger partial charge in [0.2, 0.25) is 0 Å². The highest BCUT2D eigenvalue weighted by molar-refractivity contribution is 5.84. The summed E-state index contributed by atoms with van der Waals surface area (Å²) in [7, 11) is 1.75. The Bertz CT molecular complexity index is 1260. The van der Waals surface area contributed by atoms with E-state index in [-0.39, 0.29) is 11.9 Å². The van der Waals surface area contributed by atoms with Crippen LogP contribution in [0.3, 0.4) is 0 Å². The Labute approximate surface area is 258 Å². The molecule has 1 unspecified atom stereocenters. The van der Waals surface area contributed by atoms with Crippen LogP contribution in [0.5, 0.6) is 0 Å². The molecular formula is C36H53FN4O2. The predicted molar refractivity (Wildman–Crippen MR) is 175 cm³/mol. The summed E-state index contributed by atoms with van der Waals surface area (Å²) in [5.74, 6) is 2.21. The van der Waals surface area contributed by atoms with Crippen LogP contribution in [0.4, 0.5) is 4.39 Å². The van der Waals surface area contributed by atoms with E-state index >= 15 is 0 Å². The van der Waals surface area contributed by atoms with Crippen LogP contribution < -0.4 is 5.32 Å². The van der Waals surface area contributed by atoms with Crippen molar-refractivity contribution in [2.75, 3.05) is 13.6 Å². The van der Waals surface area contributed by atoms with Crippen molar-refractivity contribution in [1.29, 1.82) is 0 Å². The van der Waals surface area contributed by atoms with E-state index in [1.54, 1.807) is 33.0 Å². The number of likely N-dealkylation sites (tertiary alicyclic amines) is 1. The largest absolute Gasteiger partial charge is 0.361 e. The number of fused-ring (bicyclic) bond motifs is 1. The third kappa shape index (κ3) is 9.80. The number of aromatic nitrogens is 2. The van der Waals surface area contributed by atoms with Gasteiger partial charge >= 0.3 is 0 Å². The molecule has 3 aromatic rings. The average molecular weight is 593 g/mol. The molecule has 1 saturated heterocycles. The number of H-pyrrole nitrogens is 1. The van der Waals surface area contributed by atoms with Gasteiger partial charge in [0.25, 0.3) is 0 Å². The van der Waals surface area contributed by atoms with E-state index in [0.717, 1.165) is 36.0 Å². The van der Waals surface area contributed by atoms with Gasteiger partial charge in [0, 0.05) is 54.3 Å². The fraction of sp³-hybridized carbons (Fsp3) is 0.583. The van der Waals surface area contributed by atoms with E-state index in [0.29, 0.717) is 35.5 Å². The van der Waals surface area contributed by atoms with Crippen molar-refractivity contribution in [3.63, 3.8) is 0 Å². The lowest BCUT2D eigenvalue weighted by Gasteiger charge is -2.26. The van der Waals surface area contributed by atoms with E-state index in [1.807, 2.05) is 18.3 Å². The number of nitrogens with one attached hydrogen (secondary N) is 2. The Hall–Kier alpha value is -2.90. The minimum atomic E-state index is -0.189. The molecule has 0 amide bonds. The van der Waals surface area contributed by atoms with Crippen LogP contribution in [0.15, 0.2) is 48.8 Å². The summed E-state index contributed by atoms with van der Waals surface area (Å²) in [6.07, 6.45) is 13.8. The van der Waals surface area contributed by atoms with Crippen molar-refractivity contribution in [3.8, 4) is 0 Å². The fourth-order valence-electron chi connectivity index (χ4n) is 6.62. The number of ketones is 1. The van der Waals surface area contributed by atoms with Gasteiger partial charge in [-0.05, 0) is 87.9 Å². The van der Waals surface area contributed by atoms with Crippen molar-refractivity contribution in [2.24, 2.45) is 17.8 Å². The number of carbonyl (C=O) groups is 2. The van der Waals surface area contributed by atoms with Crippen LogP contribution in [-0.4, -0.2) is 52.6 Å². The number of hydrogen-bond acceptors (Lipinski definition) is 5. The molecule has 2 N–H and O–H groups in total. The van der Waals surface area contributed by atoms with Crippen molar-refractivity contribution >= 4 is 23.0 Å². The van der Waals surface area contributed by atoms with Crippen LogP contribution in [0, 0.1) is 23.6 Å². The second-order valence-corrected chi connectivity index (χ2v) is 12.5. The topological polar surface area (TPSA) is 78.1 Å². The number of Topliss-reactive ketones (excluding diaryl/α,β-unsaturated/α-hetero) is 1. The molecule has 1 aliphatic heterocycles. The number of nitrogens with zero attached hydrogens (tertiary/aromatic N) is 2. The van der Waals surface area contributed by atoms with Gasteiger partial charge in [-0.3, -0.25) is 14.7 Å². The maximum absolute atomic E-state index is 13.5. The minimum absolute atomic E-state index is 0.00463. The van der Waals surface area contributed by atoms with E-state index in [2.05, 4.69) is 59.3 Å². The molecule has 1 saturated carbocycles. The summed E-state index contributed by atoms with van der Waals surface area (Å²) in [6.45, 7) is 12.1. The molecule has 6 nitrogen and oxygen atoms in total. The number of carbonyl (C=O) groups excluding carboxylic acids is 2. The first-order valence-electron chi connectivity index (χ1n) is 16.2. The van der Waals surface area contributed by atoms with Gasteiger partial charge in [0.05, 0.1) is 11.7 Å². The van der Waals surface area contributed by atoms with Gasteiger partial charge in [-0.25, -0.2) is 4.39 Å². The Morgan fingerprint density at radius 1 is 1.19 bits per heavy atom. The first kappa shape index (κ1) is 34.6. The lowest BCUT2D eigenvalue weighted by atomic mass is 9.79. The zero-order valence-electron chi connectivity index (χ0n) is 27.1. The Balaban J connectivity index is 0.000000246. The third-order valence-electron chi connectivity index (χ3n) is 9.55. The molecule has 0 radical (unpaired) electrons. The molecule has 0 spiro atoms. The number of likely N-dealkylation sites (N-methyl/N-ethyl adjacent to an activating group) is 1. The normalized spacial score (nSPS) is 22.2. The molecule has 2 aliphatic rings. The summed E-state index contributed by atoms with van der Waals surface area (Å²) in [6, 6.07) is 11.8. The zero-order valence-corrected chi connectivity index (χ0v) is 27.1. The molecule has 1 aromatic carbocycles. The molecule has 5 rings (SSSR count). The van der Waals surface area contributed by atoms with Crippen LogP contribution in [-0.2, 0) is 16.1 Å². The number of halogens is 1. The van der Waals surface area contributed by atoms with Crippen molar-refractivity contribution in [1.82, 2.24) is 20.2 Å². The zero-order chi connectivity index (χ0) is 31.4. The summed E-state index contributed by atoms with van der Waals surface area (Å²) in [5, 5.41) is 3.90. The lowest BCUT2D eigenvalue weighted by Crippen LogP contribution is -2.31. The smallest absolute Gasteiger partial charge is 0.136 e. The Morgan fingerprint density at radius 3 is 2.51 bits per heavy atom. The van der Waals surface area contributed by atoms with Crippen LogP contribution in [0.25, 0.3) is 10.9 Å². The van der Waals surface area contributed by atoms with Gasteiger partial charge in [0.15, 0.2) is 0 Å². The molecule has 0 bridgehead atoms. The molecule has 43 heavy (non-hydrogen) atoms. The standard InChI is InChI=1S/C22H26FN3.C10H18O.C4H9NO/c1-3-6-22-15(2)20(14-26(22)13-17-7-4-5-10-24-17)19-12-25-21-11-16(23)8-9-18(19)21;1-8(9(2)11)10-6-4-3-5-7-10;1-4(3-6)5-2/h4-5,7-12,15,20,22,25H,3,6,13-14H2,1-2H3;8,10H,3-7H2,1-2H3;3-5H,1-2H3/t15-,20+,22-;;4-/m1.0/s1. The average Bonchev–Trinajstić information content (AvgIpc) is 3.57. The number of benzene rings is 1. The Morgan fingerprint density at radius 2 is 1.93 bits per heavy atom. The molecule has 1 aliphatic carbocycles. The van der Waals surface area contributed by atoms with Crippen molar-refractivity contribution < 1.29 is 14.0 Å².